The number of aryl methyl sites for hydroxylation is 2. The Hall–Kier alpha value is -2.73. The zero-order chi connectivity index (χ0) is 22.0. The van der Waals surface area contributed by atoms with Gasteiger partial charge in [-0.25, -0.2) is 18.2 Å². The van der Waals surface area contributed by atoms with E-state index in [0.29, 0.717) is 13.1 Å². The van der Waals surface area contributed by atoms with Crippen LogP contribution in [0.25, 0.3) is 17.1 Å². The molecular formula is C17H19F3N4O4S. The molecule has 1 aliphatic heterocycles. The summed E-state index contributed by atoms with van der Waals surface area (Å²) in [6, 6.07) is 3.83. The van der Waals surface area contributed by atoms with Gasteiger partial charge in [0.1, 0.15) is 5.69 Å². The van der Waals surface area contributed by atoms with Crippen molar-refractivity contribution in [2.75, 3.05) is 19.3 Å². The molecule has 12 heteroatoms. The van der Waals surface area contributed by atoms with E-state index in [9.17, 15) is 21.6 Å². The molecule has 0 bridgehead atoms. The van der Waals surface area contributed by atoms with E-state index in [1.165, 1.54) is 10.6 Å². The molecule has 0 spiro atoms. The van der Waals surface area contributed by atoms with E-state index in [1.54, 1.807) is 6.20 Å². The predicted octanol–water partition coefficient (Wildman–Crippen LogP) is 2.38. The predicted molar refractivity (Wildman–Crippen MR) is 99.4 cm³/mol. The van der Waals surface area contributed by atoms with Gasteiger partial charge in [0, 0.05) is 25.0 Å². The average molecular weight is 432 g/mol. The smallest absolute Gasteiger partial charge is 0.475 e. The number of aliphatic carboxylic acids is 1. The lowest BCUT2D eigenvalue weighted by atomic mass is 10.1. The quantitative estimate of drug-likeness (QED) is 0.769. The number of aromatic nitrogens is 3. The Morgan fingerprint density at radius 3 is 2.38 bits per heavy atom. The van der Waals surface area contributed by atoms with Crippen LogP contribution in [0.2, 0.25) is 0 Å². The number of imidazole rings is 1. The summed E-state index contributed by atoms with van der Waals surface area (Å²) >= 11 is 0. The van der Waals surface area contributed by atoms with E-state index in [0.717, 1.165) is 34.0 Å². The molecule has 0 atom stereocenters. The average Bonchev–Trinajstić information content (AvgIpc) is 3.22. The van der Waals surface area contributed by atoms with E-state index in [4.69, 9.17) is 9.90 Å². The second-order valence-electron chi connectivity index (χ2n) is 6.31. The molecule has 29 heavy (non-hydrogen) atoms. The fourth-order valence-corrected chi connectivity index (χ4v) is 3.14. The molecule has 0 aromatic carbocycles. The summed E-state index contributed by atoms with van der Waals surface area (Å²) in [5.74, 6) is -2.03. The van der Waals surface area contributed by atoms with Crippen LogP contribution in [0.1, 0.15) is 17.0 Å². The van der Waals surface area contributed by atoms with E-state index in [2.05, 4.69) is 15.0 Å². The standard InChI is InChI=1S/C15H18N4O2S.C2HF3O2/c1-10-11(2)18-15(17-10)14-8-12(4-6-16-14)13-5-7-19(9-13)22(3,20)21;3-2(4,5)1(6)7/h4-6,8H,7,9H2,1-3H3,(H,17,18);(H,6,7). The fourth-order valence-electron chi connectivity index (χ4n) is 2.42. The van der Waals surface area contributed by atoms with Crippen LogP contribution >= 0.6 is 0 Å². The van der Waals surface area contributed by atoms with Crippen LogP contribution in [0.3, 0.4) is 0 Å². The minimum atomic E-state index is -5.08. The number of hydrogen-bond acceptors (Lipinski definition) is 5. The molecular weight excluding hydrogens is 413 g/mol. The summed E-state index contributed by atoms with van der Waals surface area (Å²) in [5, 5.41) is 7.12. The van der Waals surface area contributed by atoms with Gasteiger partial charge in [-0.3, -0.25) is 4.98 Å². The van der Waals surface area contributed by atoms with Gasteiger partial charge >= 0.3 is 12.1 Å². The molecule has 0 unspecified atom stereocenters. The van der Waals surface area contributed by atoms with E-state index in [-0.39, 0.29) is 0 Å². The molecule has 3 rings (SSSR count). The molecule has 3 heterocycles. The molecule has 2 aromatic heterocycles. The minimum Gasteiger partial charge on any atom is -0.475 e. The topological polar surface area (TPSA) is 116 Å². The molecule has 0 aliphatic carbocycles. The van der Waals surface area contributed by atoms with E-state index < -0.39 is 22.2 Å². The van der Waals surface area contributed by atoms with Crippen LogP contribution in [0, 0.1) is 13.8 Å². The molecule has 0 saturated heterocycles. The third-order valence-electron chi connectivity index (χ3n) is 4.10. The highest BCUT2D eigenvalue weighted by atomic mass is 32.2. The summed E-state index contributed by atoms with van der Waals surface area (Å²) < 4.78 is 56.4. The van der Waals surface area contributed by atoms with Crippen molar-refractivity contribution in [1.82, 2.24) is 19.3 Å². The number of sulfonamides is 1. The number of rotatable bonds is 3. The zero-order valence-electron chi connectivity index (χ0n) is 15.8. The monoisotopic (exact) mass is 432 g/mol. The summed E-state index contributed by atoms with van der Waals surface area (Å²) in [6.07, 6.45) is -0.184. The number of carbonyl (C=O) groups is 1. The third kappa shape index (κ3) is 5.87. The van der Waals surface area contributed by atoms with Crippen molar-refractivity contribution in [3.05, 3.63) is 41.4 Å². The number of nitrogens with zero attached hydrogens (tertiary/aromatic N) is 3. The van der Waals surface area contributed by atoms with Crippen LogP contribution in [-0.4, -0.2) is 64.3 Å². The van der Waals surface area contributed by atoms with Gasteiger partial charge in [0.05, 0.1) is 11.9 Å². The Morgan fingerprint density at radius 1 is 1.31 bits per heavy atom. The Morgan fingerprint density at radius 2 is 1.93 bits per heavy atom. The van der Waals surface area contributed by atoms with Gasteiger partial charge in [0.25, 0.3) is 0 Å². The number of halogens is 3. The SMILES string of the molecule is Cc1nc(-c2cc(C3=CCN(S(C)(=O)=O)C3)ccn2)[nH]c1C.O=C(O)C(F)(F)F. The van der Waals surface area contributed by atoms with Crippen LogP contribution in [-0.2, 0) is 14.8 Å². The van der Waals surface area contributed by atoms with Gasteiger partial charge in [-0.1, -0.05) is 6.08 Å². The molecule has 0 radical (unpaired) electrons. The van der Waals surface area contributed by atoms with Crippen molar-refractivity contribution < 1.29 is 31.5 Å². The number of H-pyrrole nitrogens is 1. The first kappa shape index (κ1) is 22.6. The molecule has 2 N–H and O–H groups in total. The summed E-state index contributed by atoms with van der Waals surface area (Å²) in [7, 11) is -3.16. The summed E-state index contributed by atoms with van der Waals surface area (Å²) in [5.41, 5.74) is 4.69. The molecule has 0 saturated carbocycles. The van der Waals surface area contributed by atoms with Gasteiger partial charge in [0.2, 0.25) is 10.0 Å². The van der Waals surface area contributed by atoms with Gasteiger partial charge in [-0.05, 0) is 37.1 Å². The number of carboxylic acids is 1. The van der Waals surface area contributed by atoms with E-state index in [1.807, 2.05) is 32.1 Å². The number of alkyl halides is 3. The Bertz CT molecular complexity index is 1030. The Labute approximate surface area is 165 Å². The first-order valence-corrected chi connectivity index (χ1v) is 10.1. The van der Waals surface area contributed by atoms with Crippen LogP contribution < -0.4 is 0 Å². The largest absolute Gasteiger partial charge is 0.490 e. The van der Waals surface area contributed by atoms with Crippen LogP contribution in [0.4, 0.5) is 13.2 Å². The maximum absolute atomic E-state index is 11.6. The highest BCUT2D eigenvalue weighted by Gasteiger charge is 2.38. The van der Waals surface area contributed by atoms with Crippen molar-refractivity contribution in [3.63, 3.8) is 0 Å². The molecule has 158 valence electrons. The van der Waals surface area contributed by atoms with Gasteiger partial charge < -0.3 is 10.1 Å². The second-order valence-corrected chi connectivity index (χ2v) is 8.30. The maximum atomic E-state index is 11.6. The molecule has 0 amide bonds. The first-order chi connectivity index (χ1) is 13.3. The normalized spacial score (nSPS) is 14.9. The fraction of sp³-hybridized carbons (Fsp3) is 0.353. The molecule has 2 aromatic rings. The number of carboxylic acid groups (broad SMARTS) is 1. The van der Waals surface area contributed by atoms with Gasteiger partial charge in [0.15, 0.2) is 5.82 Å². The Balaban J connectivity index is 0.000000370. The summed E-state index contributed by atoms with van der Waals surface area (Å²) in [6.45, 7) is 4.74. The molecule has 1 aliphatic rings. The second kappa shape index (κ2) is 8.33. The lowest BCUT2D eigenvalue weighted by Crippen LogP contribution is -2.27. The van der Waals surface area contributed by atoms with Crippen molar-refractivity contribution >= 4 is 21.6 Å². The number of aromatic amines is 1. The zero-order valence-corrected chi connectivity index (χ0v) is 16.6. The maximum Gasteiger partial charge on any atom is 0.490 e. The van der Waals surface area contributed by atoms with Crippen LogP contribution in [0.15, 0.2) is 24.4 Å². The van der Waals surface area contributed by atoms with E-state index >= 15 is 0 Å². The number of pyridine rings is 1. The Kier molecular flexibility index (Phi) is 6.48. The van der Waals surface area contributed by atoms with Gasteiger partial charge in [-0.15, -0.1) is 0 Å². The molecule has 0 fully saturated rings. The van der Waals surface area contributed by atoms with Gasteiger partial charge in [-0.2, -0.15) is 17.5 Å². The molecule has 8 nitrogen and oxygen atoms in total. The third-order valence-corrected chi connectivity index (χ3v) is 5.32. The van der Waals surface area contributed by atoms with Crippen LogP contribution in [0.5, 0.6) is 0 Å². The first-order valence-electron chi connectivity index (χ1n) is 8.23. The number of hydrogen-bond donors (Lipinski definition) is 2. The number of nitrogens with one attached hydrogen (secondary N) is 1. The van der Waals surface area contributed by atoms with Crippen molar-refractivity contribution in [1.29, 1.82) is 0 Å². The van der Waals surface area contributed by atoms with Crippen molar-refractivity contribution in [2.45, 2.75) is 20.0 Å². The minimum absolute atomic E-state index is 0.401. The summed E-state index contributed by atoms with van der Waals surface area (Å²) in [4.78, 5) is 20.9. The van der Waals surface area contributed by atoms with Crippen molar-refractivity contribution in [2.24, 2.45) is 0 Å². The lowest BCUT2D eigenvalue weighted by molar-refractivity contribution is -0.192. The highest BCUT2D eigenvalue weighted by molar-refractivity contribution is 7.88. The highest BCUT2D eigenvalue weighted by Crippen LogP contribution is 2.25. The van der Waals surface area contributed by atoms with Crippen molar-refractivity contribution in [3.8, 4) is 11.5 Å². The lowest BCUT2D eigenvalue weighted by Gasteiger charge is -2.12.